The van der Waals surface area contributed by atoms with E-state index in [1.807, 2.05) is 44.2 Å². The molecule has 9 heteroatoms. The summed E-state index contributed by atoms with van der Waals surface area (Å²) in [4.78, 5) is 27.7. The van der Waals surface area contributed by atoms with Gasteiger partial charge in [0.05, 0.1) is 11.9 Å². The van der Waals surface area contributed by atoms with Crippen LogP contribution in [0, 0.1) is 6.92 Å². The van der Waals surface area contributed by atoms with E-state index in [-0.39, 0.29) is 37.4 Å². The lowest BCUT2D eigenvalue weighted by molar-refractivity contribution is -0.140. The van der Waals surface area contributed by atoms with Crippen LogP contribution in [0.1, 0.15) is 51.2 Å². The van der Waals surface area contributed by atoms with Crippen molar-refractivity contribution in [1.82, 2.24) is 10.2 Å². The van der Waals surface area contributed by atoms with E-state index in [2.05, 4.69) is 5.32 Å². The predicted molar refractivity (Wildman–Crippen MR) is 142 cm³/mol. The SMILES string of the molecule is CC[C@@H](C)NC(=O)[C@@H](C)N(Cc1ccccc1)C(=O)CCCN(c1cccc(Cl)c1C)S(C)(=O)=O. The van der Waals surface area contributed by atoms with Gasteiger partial charge in [-0.15, -0.1) is 0 Å². The second-order valence-electron chi connectivity index (χ2n) is 8.82. The number of nitrogens with zero attached hydrogens (tertiary/aromatic N) is 2. The molecule has 0 fully saturated rings. The minimum Gasteiger partial charge on any atom is -0.352 e. The van der Waals surface area contributed by atoms with E-state index in [9.17, 15) is 18.0 Å². The highest BCUT2D eigenvalue weighted by Crippen LogP contribution is 2.28. The Balaban J connectivity index is 2.18. The fourth-order valence-electron chi connectivity index (χ4n) is 3.68. The van der Waals surface area contributed by atoms with Crippen molar-refractivity contribution < 1.29 is 18.0 Å². The molecule has 0 unspecified atom stereocenters. The van der Waals surface area contributed by atoms with Crippen LogP contribution in [0.2, 0.25) is 5.02 Å². The molecule has 0 spiro atoms. The maximum atomic E-state index is 13.3. The Hall–Kier alpha value is -2.58. The average Bonchev–Trinajstić information content (AvgIpc) is 2.81. The van der Waals surface area contributed by atoms with Crippen LogP contribution in [0.25, 0.3) is 0 Å². The number of carbonyl (C=O) groups excluding carboxylic acids is 2. The summed E-state index contributed by atoms with van der Waals surface area (Å²) in [5, 5.41) is 3.42. The van der Waals surface area contributed by atoms with E-state index in [4.69, 9.17) is 11.6 Å². The third-order valence-corrected chi connectivity index (χ3v) is 7.61. The second kappa shape index (κ2) is 12.9. The van der Waals surface area contributed by atoms with Crippen molar-refractivity contribution in [2.24, 2.45) is 0 Å². The molecule has 2 aromatic carbocycles. The first-order chi connectivity index (χ1) is 16.5. The van der Waals surface area contributed by atoms with Gasteiger partial charge in [0, 0.05) is 30.6 Å². The molecule has 0 saturated carbocycles. The largest absolute Gasteiger partial charge is 0.352 e. The maximum Gasteiger partial charge on any atom is 0.242 e. The van der Waals surface area contributed by atoms with Gasteiger partial charge in [-0.05, 0) is 56.9 Å². The van der Waals surface area contributed by atoms with Gasteiger partial charge in [-0.25, -0.2) is 8.42 Å². The van der Waals surface area contributed by atoms with Crippen molar-refractivity contribution >= 4 is 39.1 Å². The Morgan fingerprint density at radius 1 is 1.06 bits per heavy atom. The molecule has 0 saturated heterocycles. The molecule has 192 valence electrons. The first-order valence-electron chi connectivity index (χ1n) is 11.8. The van der Waals surface area contributed by atoms with Crippen molar-refractivity contribution in [2.75, 3.05) is 17.1 Å². The topological polar surface area (TPSA) is 86.8 Å². The summed E-state index contributed by atoms with van der Waals surface area (Å²) in [6.07, 6.45) is 2.32. The van der Waals surface area contributed by atoms with Gasteiger partial charge in [0.1, 0.15) is 6.04 Å². The summed E-state index contributed by atoms with van der Waals surface area (Å²) in [7, 11) is -3.58. The molecule has 0 bridgehead atoms. The number of sulfonamides is 1. The minimum absolute atomic E-state index is 0.00267. The smallest absolute Gasteiger partial charge is 0.242 e. The van der Waals surface area contributed by atoms with Gasteiger partial charge in [-0.3, -0.25) is 13.9 Å². The first kappa shape index (κ1) is 28.7. The second-order valence-corrected chi connectivity index (χ2v) is 11.1. The van der Waals surface area contributed by atoms with Crippen LogP contribution in [0.3, 0.4) is 0 Å². The van der Waals surface area contributed by atoms with E-state index in [1.165, 1.54) is 4.31 Å². The summed E-state index contributed by atoms with van der Waals surface area (Å²) in [6, 6.07) is 13.9. The van der Waals surface area contributed by atoms with Crippen LogP contribution < -0.4 is 9.62 Å². The molecule has 0 aliphatic carbocycles. The fourth-order valence-corrected chi connectivity index (χ4v) is 4.86. The summed E-state index contributed by atoms with van der Waals surface area (Å²) in [5.74, 6) is -0.423. The van der Waals surface area contributed by atoms with Gasteiger partial charge in [0.2, 0.25) is 21.8 Å². The lowest BCUT2D eigenvalue weighted by Crippen LogP contribution is -2.49. The number of hydrogen-bond acceptors (Lipinski definition) is 4. The number of rotatable bonds is 12. The highest BCUT2D eigenvalue weighted by atomic mass is 35.5. The Labute approximate surface area is 214 Å². The normalized spacial score (nSPS) is 13.1. The zero-order valence-corrected chi connectivity index (χ0v) is 22.7. The number of hydrogen-bond donors (Lipinski definition) is 1. The van der Waals surface area contributed by atoms with Crippen LogP contribution in [0.4, 0.5) is 5.69 Å². The molecule has 2 amide bonds. The summed E-state index contributed by atoms with van der Waals surface area (Å²) < 4.78 is 26.3. The quantitative estimate of drug-likeness (QED) is 0.444. The summed E-state index contributed by atoms with van der Waals surface area (Å²) >= 11 is 6.20. The van der Waals surface area contributed by atoms with E-state index in [0.29, 0.717) is 22.7 Å². The number of nitrogens with one attached hydrogen (secondary N) is 1. The van der Waals surface area contributed by atoms with Gasteiger partial charge >= 0.3 is 0 Å². The number of halogens is 1. The minimum atomic E-state index is -3.58. The molecule has 0 radical (unpaired) electrons. The van der Waals surface area contributed by atoms with Crippen LogP contribution >= 0.6 is 11.6 Å². The molecule has 0 aliphatic rings. The zero-order valence-electron chi connectivity index (χ0n) is 21.1. The third-order valence-electron chi connectivity index (χ3n) is 6.02. The Morgan fingerprint density at radius 3 is 2.31 bits per heavy atom. The number of carbonyl (C=O) groups is 2. The molecular weight excluding hydrogens is 486 g/mol. The Morgan fingerprint density at radius 2 is 1.71 bits per heavy atom. The van der Waals surface area contributed by atoms with Crippen LogP contribution in [0.15, 0.2) is 48.5 Å². The maximum absolute atomic E-state index is 13.3. The molecule has 0 aromatic heterocycles. The van der Waals surface area contributed by atoms with Crippen LogP contribution in [-0.4, -0.2) is 50.0 Å². The van der Waals surface area contributed by atoms with E-state index in [1.54, 1.807) is 36.9 Å². The molecule has 7 nitrogen and oxygen atoms in total. The molecule has 2 atom stereocenters. The van der Waals surface area contributed by atoms with Crippen molar-refractivity contribution in [2.45, 2.75) is 65.6 Å². The van der Waals surface area contributed by atoms with Crippen molar-refractivity contribution in [3.63, 3.8) is 0 Å². The highest BCUT2D eigenvalue weighted by molar-refractivity contribution is 7.92. The summed E-state index contributed by atoms with van der Waals surface area (Å²) in [6.45, 7) is 7.80. The molecule has 2 aromatic rings. The highest BCUT2D eigenvalue weighted by Gasteiger charge is 2.27. The summed E-state index contributed by atoms with van der Waals surface area (Å²) in [5.41, 5.74) is 2.07. The molecule has 0 heterocycles. The first-order valence-corrected chi connectivity index (χ1v) is 14.0. The van der Waals surface area contributed by atoms with Crippen LogP contribution in [-0.2, 0) is 26.2 Å². The number of anilines is 1. The Bertz CT molecular complexity index is 1110. The predicted octanol–water partition coefficient (Wildman–Crippen LogP) is 4.53. The zero-order chi connectivity index (χ0) is 26.2. The lowest BCUT2D eigenvalue weighted by atomic mass is 10.1. The van der Waals surface area contributed by atoms with E-state index < -0.39 is 16.1 Å². The standard InChI is InChI=1S/C26H36ClN3O4S/c1-6-19(2)28-26(32)21(4)29(18-22-12-8-7-9-13-22)25(31)16-11-17-30(35(5,33)34)24-15-10-14-23(27)20(24)3/h7-10,12-15,19,21H,6,11,16-18H2,1-5H3,(H,28,32)/t19-,21-/m1/s1. The van der Waals surface area contributed by atoms with E-state index in [0.717, 1.165) is 18.2 Å². The third kappa shape index (κ3) is 8.25. The Kier molecular flexibility index (Phi) is 10.6. The van der Waals surface area contributed by atoms with Crippen molar-refractivity contribution in [1.29, 1.82) is 0 Å². The van der Waals surface area contributed by atoms with Gasteiger partial charge in [0.15, 0.2) is 0 Å². The van der Waals surface area contributed by atoms with Crippen molar-refractivity contribution in [3.05, 3.63) is 64.7 Å². The van der Waals surface area contributed by atoms with Gasteiger partial charge in [-0.1, -0.05) is 54.9 Å². The molecule has 0 aliphatic heterocycles. The molecule has 1 N–H and O–H groups in total. The average molecular weight is 522 g/mol. The lowest BCUT2D eigenvalue weighted by Gasteiger charge is -2.30. The monoisotopic (exact) mass is 521 g/mol. The fraction of sp³-hybridized carbons (Fsp3) is 0.462. The number of amides is 2. The molecule has 2 rings (SSSR count). The molecular formula is C26H36ClN3O4S. The van der Waals surface area contributed by atoms with E-state index >= 15 is 0 Å². The number of benzene rings is 2. The van der Waals surface area contributed by atoms with Gasteiger partial charge in [-0.2, -0.15) is 0 Å². The van der Waals surface area contributed by atoms with Gasteiger partial charge < -0.3 is 10.2 Å². The van der Waals surface area contributed by atoms with Crippen molar-refractivity contribution in [3.8, 4) is 0 Å². The van der Waals surface area contributed by atoms with Crippen LogP contribution in [0.5, 0.6) is 0 Å². The molecule has 35 heavy (non-hydrogen) atoms. The van der Waals surface area contributed by atoms with Gasteiger partial charge in [0.25, 0.3) is 0 Å².